The molecule has 1 amide bonds. The highest BCUT2D eigenvalue weighted by atomic mass is 19.4. The fourth-order valence-corrected chi connectivity index (χ4v) is 5.98. The average molecular weight is 560 g/mol. The maximum Gasteiger partial charge on any atom is 0.423 e. The number of nitriles is 1. The Morgan fingerprint density at radius 2 is 1.82 bits per heavy atom. The van der Waals surface area contributed by atoms with Gasteiger partial charge in [0.25, 0.3) is 5.56 Å². The third-order valence-electron chi connectivity index (χ3n) is 8.15. The second-order valence-corrected chi connectivity index (χ2v) is 10.6. The Balaban J connectivity index is 1.09. The van der Waals surface area contributed by atoms with Gasteiger partial charge in [0.05, 0.1) is 36.2 Å². The van der Waals surface area contributed by atoms with Crippen LogP contribution in [-0.4, -0.2) is 77.5 Å². The standard InChI is InChI=1S/C27H32F3N7O3/c28-27(29,30)24-22(16-33-34-25(24)38)37-9-1-2-20(37)17-40-21-6-4-19(5-7-21)26(39)36-12-10-35(11-13-36)23-8-3-18(14-31)15-32-23/h3,8,15-16,19-21H,1-2,4-7,9-13,17H2,(H,34,38)/t19?,20-,21?/m0/s1. The lowest BCUT2D eigenvalue weighted by molar-refractivity contribution is -0.139. The van der Waals surface area contributed by atoms with Gasteiger partial charge in [-0.1, -0.05) is 0 Å². The van der Waals surface area contributed by atoms with Crippen LogP contribution < -0.4 is 15.4 Å². The molecule has 10 nitrogen and oxygen atoms in total. The maximum atomic E-state index is 13.6. The van der Waals surface area contributed by atoms with Crippen molar-refractivity contribution in [2.24, 2.45) is 5.92 Å². The highest BCUT2D eigenvalue weighted by Crippen LogP contribution is 2.37. The molecule has 2 saturated heterocycles. The van der Waals surface area contributed by atoms with E-state index < -0.39 is 17.3 Å². The van der Waals surface area contributed by atoms with Gasteiger partial charge in [0, 0.05) is 44.8 Å². The van der Waals surface area contributed by atoms with E-state index in [9.17, 15) is 22.8 Å². The second kappa shape index (κ2) is 11.8. The molecule has 0 radical (unpaired) electrons. The summed E-state index contributed by atoms with van der Waals surface area (Å²) in [4.78, 5) is 35.1. The first kappa shape index (κ1) is 27.9. The van der Waals surface area contributed by atoms with Gasteiger partial charge in [-0.15, -0.1) is 0 Å². The number of ether oxygens (including phenoxy) is 1. The van der Waals surface area contributed by atoms with Crippen LogP contribution in [0.25, 0.3) is 0 Å². The van der Waals surface area contributed by atoms with E-state index in [1.54, 1.807) is 17.2 Å². The van der Waals surface area contributed by atoms with Crippen LogP contribution in [0.2, 0.25) is 0 Å². The van der Waals surface area contributed by atoms with Crippen molar-refractivity contribution in [3.8, 4) is 6.07 Å². The minimum Gasteiger partial charge on any atom is -0.376 e. The van der Waals surface area contributed by atoms with Gasteiger partial charge in [-0.3, -0.25) is 9.59 Å². The van der Waals surface area contributed by atoms with E-state index in [1.807, 2.05) is 16.1 Å². The third kappa shape index (κ3) is 6.06. The number of aromatic nitrogens is 3. The summed E-state index contributed by atoms with van der Waals surface area (Å²) in [6.07, 6.45) is 2.03. The van der Waals surface area contributed by atoms with E-state index in [0.29, 0.717) is 64.0 Å². The third-order valence-corrected chi connectivity index (χ3v) is 8.15. The normalized spacial score (nSPS) is 23.8. The molecular weight excluding hydrogens is 527 g/mol. The molecule has 1 aliphatic carbocycles. The molecular formula is C27H32F3N7O3. The fourth-order valence-electron chi connectivity index (χ4n) is 5.98. The summed E-state index contributed by atoms with van der Waals surface area (Å²) in [6.45, 7) is 3.26. The van der Waals surface area contributed by atoms with E-state index in [-0.39, 0.29) is 36.3 Å². The first-order valence-electron chi connectivity index (χ1n) is 13.7. The smallest absolute Gasteiger partial charge is 0.376 e. The summed E-state index contributed by atoms with van der Waals surface area (Å²) < 4.78 is 46.9. The number of nitrogens with zero attached hydrogens (tertiary/aromatic N) is 6. The number of H-pyrrole nitrogens is 1. The van der Waals surface area contributed by atoms with Crippen molar-refractivity contribution >= 4 is 17.4 Å². The van der Waals surface area contributed by atoms with Gasteiger partial charge in [0.15, 0.2) is 0 Å². The molecule has 0 aromatic carbocycles. The molecule has 3 fully saturated rings. The summed E-state index contributed by atoms with van der Waals surface area (Å²) in [7, 11) is 0. The largest absolute Gasteiger partial charge is 0.423 e. The molecule has 2 aromatic rings. The molecule has 0 bridgehead atoms. The van der Waals surface area contributed by atoms with Gasteiger partial charge in [-0.25, -0.2) is 10.1 Å². The van der Waals surface area contributed by atoms with Crippen molar-refractivity contribution in [3.05, 3.63) is 46.0 Å². The number of alkyl halides is 3. The molecule has 1 N–H and O–H groups in total. The number of carbonyl (C=O) groups is 1. The fraction of sp³-hybridized carbons (Fsp3) is 0.593. The number of rotatable bonds is 6. The van der Waals surface area contributed by atoms with Crippen LogP contribution in [0.4, 0.5) is 24.7 Å². The number of pyridine rings is 1. The number of hydrogen-bond donors (Lipinski definition) is 1. The summed E-state index contributed by atoms with van der Waals surface area (Å²) >= 11 is 0. The Labute approximate surface area is 229 Å². The number of hydrogen-bond acceptors (Lipinski definition) is 8. The molecule has 2 aliphatic heterocycles. The Morgan fingerprint density at radius 1 is 1.07 bits per heavy atom. The number of piperazine rings is 1. The van der Waals surface area contributed by atoms with Crippen LogP contribution in [0.3, 0.4) is 0 Å². The Bertz CT molecular complexity index is 1280. The molecule has 5 rings (SSSR count). The number of aromatic amines is 1. The highest BCUT2D eigenvalue weighted by molar-refractivity contribution is 5.79. The molecule has 0 spiro atoms. The van der Waals surface area contributed by atoms with Crippen LogP contribution >= 0.6 is 0 Å². The minimum atomic E-state index is -4.78. The molecule has 2 aromatic heterocycles. The minimum absolute atomic E-state index is 0.0507. The van der Waals surface area contributed by atoms with Crippen molar-refractivity contribution < 1.29 is 22.7 Å². The van der Waals surface area contributed by atoms with E-state index in [2.05, 4.69) is 21.1 Å². The van der Waals surface area contributed by atoms with Crippen LogP contribution in [0.1, 0.15) is 49.7 Å². The van der Waals surface area contributed by atoms with Crippen LogP contribution in [-0.2, 0) is 15.7 Å². The van der Waals surface area contributed by atoms with Crippen LogP contribution in [0, 0.1) is 17.2 Å². The van der Waals surface area contributed by atoms with Gasteiger partial charge in [0.2, 0.25) is 5.91 Å². The Hall–Kier alpha value is -3.66. The molecule has 3 aliphatic rings. The van der Waals surface area contributed by atoms with Crippen molar-refractivity contribution in [3.63, 3.8) is 0 Å². The van der Waals surface area contributed by atoms with Gasteiger partial charge in [-0.05, 0) is 50.7 Å². The van der Waals surface area contributed by atoms with Gasteiger partial charge in [-0.2, -0.15) is 23.5 Å². The van der Waals surface area contributed by atoms with E-state index >= 15 is 0 Å². The second-order valence-electron chi connectivity index (χ2n) is 10.6. The lowest BCUT2D eigenvalue weighted by Gasteiger charge is -2.38. The topological polar surface area (TPSA) is 118 Å². The number of amides is 1. The number of anilines is 2. The van der Waals surface area contributed by atoms with E-state index in [0.717, 1.165) is 24.9 Å². The summed E-state index contributed by atoms with van der Waals surface area (Å²) in [6, 6.07) is 5.36. The van der Waals surface area contributed by atoms with Gasteiger partial charge in [0.1, 0.15) is 17.5 Å². The quantitative estimate of drug-likeness (QED) is 0.574. The lowest BCUT2D eigenvalue weighted by Crippen LogP contribution is -2.51. The SMILES string of the molecule is N#Cc1ccc(N2CCN(C(=O)C3CCC(OC[C@@H]4CCCN4c4cn[nH]c(=O)c4C(F)(F)F)CC3)CC2)nc1. The zero-order valence-electron chi connectivity index (χ0n) is 22.1. The first-order chi connectivity index (χ1) is 19.2. The van der Waals surface area contributed by atoms with Crippen molar-refractivity contribution in [1.82, 2.24) is 20.1 Å². The van der Waals surface area contributed by atoms with Gasteiger partial charge >= 0.3 is 6.18 Å². The maximum absolute atomic E-state index is 13.6. The molecule has 1 saturated carbocycles. The molecule has 1 atom stereocenters. The molecule has 40 heavy (non-hydrogen) atoms. The molecule has 0 unspecified atom stereocenters. The monoisotopic (exact) mass is 559 g/mol. The lowest BCUT2D eigenvalue weighted by atomic mass is 9.86. The average Bonchev–Trinajstić information content (AvgIpc) is 3.44. The Morgan fingerprint density at radius 3 is 2.48 bits per heavy atom. The predicted molar refractivity (Wildman–Crippen MR) is 140 cm³/mol. The van der Waals surface area contributed by atoms with Crippen LogP contribution in [0.15, 0.2) is 29.3 Å². The van der Waals surface area contributed by atoms with Crippen molar-refractivity contribution in [1.29, 1.82) is 5.26 Å². The summed E-state index contributed by atoms with van der Waals surface area (Å²) in [5.74, 6) is 0.905. The van der Waals surface area contributed by atoms with E-state index in [1.165, 1.54) is 0 Å². The van der Waals surface area contributed by atoms with Gasteiger partial charge < -0.3 is 19.4 Å². The van der Waals surface area contributed by atoms with Crippen molar-refractivity contribution in [2.45, 2.75) is 56.8 Å². The Kier molecular flexibility index (Phi) is 8.25. The zero-order chi connectivity index (χ0) is 28.3. The number of carbonyl (C=O) groups excluding carboxylic acids is 1. The summed E-state index contributed by atoms with van der Waals surface area (Å²) in [5, 5.41) is 14.4. The molecule has 214 valence electrons. The molecule has 13 heteroatoms. The van der Waals surface area contributed by atoms with Crippen molar-refractivity contribution in [2.75, 3.05) is 49.1 Å². The van der Waals surface area contributed by atoms with E-state index in [4.69, 9.17) is 10.00 Å². The predicted octanol–water partition coefficient (Wildman–Crippen LogP) is 2.95. The molecule has 4 heterocycles. The number of nitrogens with one attached hydrogen (secondary N) is 1. The highest BCUT2D eigenvalue weighted by Gasteiger charge is 2.41. The zero-order valence-corrected chi connectivity index (χ0v) is 22.1. The van der Waals surface area contributed by atoms with Crippen LogP contribution in [0.5, 0.6) is 0 Å². The number of halogens is 3. The first-order valence-corrected chi connectivity index (χ1v) is 13.7. The summed E-state index contributed by atoms with van der Waals surface area (Å²) in [5.41, 5.74) is -2.15.